The van der Waals surface area contributed by atoms with Crippen LogP contribution in [0.5, 0.6) is 0 Å². The summed E-state index contributed by atoms with van der Waals surface area (Å²) in [4.78, 5) is 1.98. The molecule has 0 aliphatic rings. The van der Waals surface area contributed by atoms with Crippen LogP contribution in [0.15, 0.2) is 29.2 Å². The molecular formula is C11H16FNO2S. The molecule has 0 heterocycles. The lowest BCUT2D eigenvalue weighted by Gasteiger charge is -2.09. The number of hydrogen-bond donors (Lipinski definition) is 0. The van der Waals surface area contributed by atoms with Gasteiger partial charge in [-0.15, -0.1) is 0 Å². The summed E-state index contributed by atoms with van der Waals surface area (Å²) < 4.78 is 36.4. The minimum absolute atomic E-state index is 0.0502. The van der Waals surface area contributed by atoms with Gasteiger partial charge in [0, 0.05) is 0 Å². The maximum Gasteiger partial charge on any atom is 0.178 e. The Morgan fingerprint density at radius 3 is 2.56 bits per heavy atom. The predicted octanol–water partition coefficient (Wildman–Crippen LogP) is 1.55. The summed E-state index contributed by atoms with van der Waals surface area (Å²) in [7, 11) is 0.422. The smallest absolute Gasteiger partial charge is 0.178 e. The van der Waals surface area contributed by atoms with E-state index in [0.29, 0.717) is 13.0 Å². The monoisotopic (exact) mass is 245 g/mol. The Labute approximate surface area is 95.8 Å². The van der Waals surface area contributed by atoms with Crippen molar-refractivity contribution in [2.24, 2.45) is 0 Å². The molecule has 1 rings (SSSR count). The molecule has 0 amide bonds. The van der Waals surface area contributed by atoms with E-state index in [-0.39, 0.29) is 10.6 Å². The second-order valence-corrected chi connectivity index (χ2v) is 6.04. The van der Waals surface area contributed by atoms with Crippen molar-refractivity contribution >= 4 is 9.84 Å². The van der Waals surface area contributed by atoms with E-state index in [0.717, 1.165) is 6.07 Å². The Bertz CT molecular complexity index is 443. The van der Waals surface area contributed by atoms with E-state index in [4.69, 9.17) is 0 Å². The van der Waals surface area contributed by atoms with Crippen LogP contribution in [0, 0.1) is 5.82 Å². The number of benzene rings is 1. The van der Waals surface area contributed by atoms with Crippen molar-refractivity contribution in [2.75, 3.05) is 26.4 Å². The lowest BCUT2D eigenvalue weighted by Crippen LogP contribution is -2.17. The highest BCUT2D eigenvalue weighted by Gasteiger charge is 2.14. The summed E-state index contributed by atoms with van der Waals surface area (Å²) in [6.07, 6.45) is 0.547. The van der Waals surface area contributed by atoms with Crippen LogP contribution in [-0.2, 0) is 9.84 Å². The molecule has 0 aromatic heterocycles. The molecule has 0 N–H and O–H groups in total. The van der Waals surface area contributed by atoms with Gasteiger partial charge in [0.2, 0.25) is 0 Å². The van der Waals surface area contributed by atoms with E-state index in [1.807, 2.05) is 19.0 Å². The van der Waals surface area contributed by atoms with Crippen LogP contribution in [0.4, 0.5) is 4.39 Å². The van der Waals surface area contributed by atoms with Crippen molar-refractivity contribution in [3.8, 4) is 0 Å². The van der Waals surface area contributed by atoms with Gasteiger partial charge >= 0.3 is 0 Å². The van der Waals surface area contributed by atoms with E-state index in [1.54, 1.807) is 0 Å². The van der Waals surface area contributed by atoms with Gasteiger partial charge in [-0.2, -0.15) is 0 Å². The maximum absolute atomic E-state index is 12.9. The van der Waals surface area contributed by atoms with Gasteiger partial charge in [-0.05, 0) is 45.3 Å². The molecule has 0 fully saturated rings. The van der Waals surface area contributed by atoms with Crippen molar-refractivity contribution in [1.82, 2.24) is 4.90 Å². The number of sulfone groups is 1. The van der Waals surface area contributed by atoms with Crippen molar-refractivity contribution in [3.63, 3.8) is 0 Å². The average Bonchev–Trinajstić information content (AvgIpc) is 2.16. The van der Waals surface area contributed by atoms with Crippen molar-refractivity contribution in [1.29, 1.82) is 0 Å². The Kier molecular flexibility index (Phi) is 4.44. The molecule has 1 aromatic rings. The van der Waals surface area contributed by atoms with Crippen molar-refractivity contribution in [2.45, 2.75) is 11.3 Å². The Balaban J connectivity index is 2.71. The van der Waals surface area contributed by atoms with E-state index < -0.39 is 15.7 Å². The Morgan fingerprint density at radius 2 is 2.00 bits per heavy atom. The highest BCUT2D eigenvalue weighted by atomic mass is 32.2. The van der Waals surface area contributed by atoms with Gasteiger partial charge in [-0.25, -0.2) is 12.8 Å². The fraction of sp³-hybridized carbons (Fsp3) is 0.455. The molecular weight excluding hydrogens is 229 g/mol. The van der Waals surface area contributed by atoms with Crippen LogP contribution in [0.2, 0.25) is 0 Å². The van der Waals surface area contributed by atoms with E-state index in [2.05, 4.69) is 0 Å². The van der Waals surface area contributed by atoms with Gasteiger partial charge in [0.05, 0.1) is 10.6 Å². The van der Waals surface area contributed by atoms with Gasteiger partial charge in [0.1, 0.15) is 5.82 Å². The first-order valence-corrected chi connectivity index (χ1v) is 6.70. The summed E-state index contributed by atoms with van der Waals surface area (Å²) in [6.45, 7) is 0.703. The number of rotatable bonds is 5. The topological polar surface area (TPSA) is 37.4 Å². The molecule has 0 saturated carbocycles. The van der Waals surface area contributed by atoms with Crippen LogP contribution in [0.25, 0.3) is 0 Å². The van der Waals surface area contributed by atoms with Crippen LogP contribution in [0.3, 0.4) is 0 Å². The summed E-state index contributed by atoms with van der Waals surface area (Å²) in [5, 5.41) is 0. The first-order valence-electron chi connectivity index (χ1n) is 5.05. The average molecular weight is 245 g/mol. The third kappa shape index (κ3) is 3.90. The molecule has 3 nitrogen and oxygen atoms in total. The standard InChI is InChI=1S/C11H16FNO2S/c1-13(2)7-4-8-16(14,15)11-6-3-5-10(12)9-11/h3,5-6,9H,4,7-8H2,1-2H3. The number of nitrogens with zero attached hydrogens (tertiary/aromatic N) is 1. The van der Waals surface area contributed by atoms with Crippen LogP contribution >= 0.6 is 0 Å². The first kappa shape index (κ1) is 13.1. The molecule has 0 aliphatic carbocycles. The SMILES string of the molecule is CN(C)CCCS(=O)(=O)c1cccc(F)c1. The van der Waals surface area contributed by atoms with Gasteiger partial charge in [0.15, 0.2) is 9.84 Å². The molecule has 0 spiro atoms. The van der Waals surface area contributed by atoms with Gasteiger partial charge in [-0.1, -0.05) is 6.07 Å². The van der Waals surface area contributed by atoms with Crippen LogP contribution < -0.4 is 0 Å². The summed E-state index contributed by atoms with van der Waals surface area (Å²) >= 11 is 0. The van der Waals surface area contributed by atoms with E-state index in [1.165, 1.54) is 18.2 Å². The zero-order valence-electron chi connectivity index (χ0n) is 9.48. The van der Waals surface area contributed by atoms with E-state index >= 15 is 0 Å². The quantitative estimate of drug-likeness (QED) is 0.790. The summed E-state index contributed by atoms with van der Waals surface area (Å²) in [6, 6.07) is 5.13. The molecule has 0 saturated heterocycles. The highest BCUT2D eigenvalue weighted by Crippen LogP contribution is 2.13. The maximum atomic E-state index is 12.9. The molecule has 0 unspecified atom stereocenters. The zero-order valence-corrected chi connectivity index (χ0v) is 10.3. The molecule has 90 valence electrons. The highest BCUT2D eigenvalue weighted by molar-refractivity contribution is 7.91. The molecule has 1 aromatic carbocycles. The normalized spacial score (nSPS) is 12.0. The lowest BCUT2D eigenvalue weighted by molar-refractivity contribution is 0.408. The summed E-state index contributed by atoms with van der Waals surface area (Å²) in [5.74, 6) is -0.470. The second-order valence-electron chi connectivity index (χ2n) is 3.93. The minimum Gasteiger partial charge on any atom is -0.309 e. The van der Waals surface area contributed by atoms with Crippen LogP contribution in [-0.4, -0.2) is 39.7 Å². The third-order valence-electron chi connectivity index (χ3n) is 2.17. The predicted molar refractivity (Wildman–Crippen MR) is 61.6 cm³/mol. The van der Waals surface area contributed by atoms with E-state index in [9.17, 15) is 12.8 Å². The lowest BCUT2D eigenvalue weighted by atomic mass is 10.4. The third-order valence-corrected chi connectivity index (χ3v) is 3.97. The molecule has 0 aliphatic heterocycles. The largest absolute Gasteiger partial charge is 0.309 e. The Morgan fingerprint density at radius 1 is 1.31 bits per heavy atom. The van der Waals surface area contributed by atoms with Gasteiger partial charge in [0.25, 0.3) is 0 Å². The van der Waals surface area contributed by atoms with Crippen molar-refractivity contribution < 1.29 is 12.8 Å². The molecule has 0 bridgehead atoms. The molecule has 0 atom stereocenters. The molecule has 5 heteroatoms. The second kappa shape index (κ2) is 5.41. The fourth-order valence-electron chi connectivity index (χ4n) is 1.35. The molecule has 16 heavy (non-hydrogen) atoms. The molecule has 0 radical (unpaired) electrons. The van der Waals surface area contributed by atoms with Crippen molar-refractivity contribution in [3.05, 3.63) is 30.1 Å². The Hall–Kier alpha value is -0.940. The zero-order chi connectivity index (χ0) is 12.2. The minimum atomic E-state index is -3.35. The first-order chi connectivity index (χ1) is 7.42. The number of halogens is 1. The number of hydrogen-bond acceptors (Lipinski definition) is 3. The van der Waals surface area contributed by atoms with Gasteiger partial charge in [-0.3, -0.25) is 0 Å². The summed E-state index contributed by atoms with van der Waals surface area (Å²) in [5.41, 5.74) is 0. The van der Waals surface area contributed by atoms with Crippen LogP contribution in [0.1, 0.15) is 6.42 Å². The van der Waals surface area contributed by atoms with Gasteiger partial charge < -0.3 is 4.90 Å². The fourth-order valence-corrected chi connectivity index (χ4v) is 2.67.